The van der Waals surface area contributed by atoms with Crippen LogP contribution in [-0.4, -0.2) is 24.2 Å². The van der Waals surface area contributed by atoms with Gasteiger partial charge < -0.3 is 20.9 Å². The number of allylic oxidation sites excluding steroid dienone is 2. The number of halogens is 6. The molecule has 2 aliphatic carbocycles. The molecule has 3 N–H and O–H groups in total. The summed E-state index contributed by atoms with van der Waals surface area (Å²) in [4.78, 5) is 6.60. The maximum Gasteiger partial charge on any atom is 0.416 e. The number of hydrogen-bond donors (Lipinski definition) is 3. The van der Waals surface area contributed by atoms with Crippen molar-refractivity contribution in [3.05, 3.63) is 104 Å². The fraction of sp³-hybridized carbons (Fsp3) is 0.350. The summed E-state index contributed by atoms with van der Waals surface area (Å²) >= 11 is 5.46. The summed E-state index contributed by atoms with van der Waals surface area (Å²) in [5.41, 5.74) is 11.1. The quantitative estimate of drug-likeness (QED) is 0.140. The first-order valence-electron chi connectivity index (χ1n) is 17.0. The maximum absolute atomic E-state index is 13.5. The molecule has 274 valence electrons. The van der Waals surface area contributed by atoms with Gasteiger partial charge in [-0.3, -0.25) is 0 Å². The minimum absolute atomic E-state index is 0.0930. The molecule has 0 amide bonds. The number of nitrogens with zero attached hydrogens (tertiary/aromatic N) is 2. The van der Waals surface area contributed by atoms with E-state index < -0.39 is 29.2 Å². The van der Waals surface area contributed by atoms with E-state index in [-0.39, 0.29) is 23.0 Å². The Kier molecular flexibility index (Phi) is 9.61. The number of rotatable bonds is 5. The number of hydrogen-bond acceptors (Lipinski definition) is 4. The van der Waals surface area contributed by atoms with Gasteiger partial charge in [-0.15, -0.1) is 0 Å². The normalized spacial score (nSPS) is 18.3. The number of thiocarbonyl (C=S) groups is 1. The second-order valence-electron chi connectivity index (χ2n) is 14.3. The molecular formula is C40H41F6N5S. The highest BCUT2D eigenvalue weighted by Gasteiger charge is 2.38. The summed E-state index contributed by atoms with van der Waals surface area (Å²) in [5, 5.41) is 9.11. The predicted molar refractivity (Wildman–Crippen MR) is 203 cm³/mol. The molecule has 3 aromatic carbocycles. The lowest BCUT2D eigenvalue weighted by atomic mass is 9.84. The molecule has 2 aliphatic rings. The van der Waals surface area contributed by atoms with Gasteiger partial charge in [0.2, 0.25) is 0 Å². The lowest BCUT2D eigenvalue weighted by Crippen LogP contribution is -2.21. The Morgan fingerprint density at radius 1 is 0.731 bits per heavy atom. The van der Waals surface area contributed by atoms with Crippen LogP contribution in [0, 0.1) is 39.5 Å². The van der Waals surface area contributed by atoms with Crippen LogP contribution in [0.5, 0.6) is 0 Å². The van der Waals surface area contributed by atoms with Crippen LogP contribution in [0.1, 0.15) is 69.5 Å². The SMILES string of the molecule is Cc1cc(NC(=S)Nc2cc(C(F)(F)F)cc(C(F)(F)F)c2)c(C)c2c1C[C@@H](C)/C2=C1\c2c(C)c(Nc3cc(N(C)C)ccn3)cc(C)c2C[C@H]1C. The molecule has 0 fully saturated rings. The first-order valence-corrected chi connectivity index (χ1v) is 17.4. The third kappa shape index (κ3) is 6.97. The number of aryl methyl sites for hydroxylation is 2. The molecule has 0 saturated heterocycles. The maximum atomic E-state index is 13.5. The minimum atomic E-state index is -4.97. The molecule has 52 heavy (non-hydrogen) atoms. The average Bonchev–Trinajstić information content (AvgIpc) is 3.58. The average molecular weight is 738 g/mol. The number of anilines is 5. The lowest BCUT2D eigenvalue weighted by molar-refractivity contribution is -0.143. The molecule has 4 aromatic rings. The molecular weight excluding hydrogens is 697 g/mol. The topological polar surface area (TPSA) is 52.2 Å². The number of fused-ring (bicyclic) bond motifs is 2. The number of pyridine rings is 1. The van der Waals surface area contributed by atoms with E-state index >= 15 is 0 Å². The summed E-state index contributed by atoms with van der Waals surface area (Å²) in [6.45, 7) is 12.8. The van der Waals surface area contributed by atoms with Gasteiger partial charge in [0, 0.05) is 49.1 Å². The molecule has 0 saturated carbocycles. The number of benzene rings is 3. The summed E-state index contributed by atoms with van der Waals surface area (Å²) in [6, 6.07) is 9.44. The van der Waals surface area contributed by atoms with Gasteiger partial charge >= 0.3 is 12.4 Å². The molecule has 1 heterocycles. The van der Waals surface area contributed by atoms with Gasteiger partial charge in [0.1, 0.15) is 5.82 Å². The zero-order valence-electron chi connectivity index (χ0n) is 30.3. The zero-order chi connectivity index (χ0) is 38.0. The Morgan fingerprint density at radius 2 is 1.23 bits per heavy atom. The number of nitrogens with one attached hydrogen (secondary N) is 3. The van der Waals surface area contributed by atoms with Gasteiger partial charge in [0.05, 0.1) is 11.1 Å². The zero-order valence-corrected chi connectivity index (χ0v) is 31.1. The van der Waals surface area contributed by atoms with Crippen LogP contribution in [0.25, 0.3) is 11.1 Å². The van der Waals surface area contributed by atoms with E-state index in [1.165, 1.54) is 33.4 Å². The monoisotopic (exact) mass is 737 g/mol. The first-order chi connectivity index (χ1) is 24.2. The second-order valence-corrected chi connectivity index (χ2v) is 14.7. The van der Waals surface area contributed by atoms with Crippen molar-refractivity contribution < 1.29 is 26.3 Å². The molecule has 0 unspecified atom stereocenters. The molecule has 0 radical (unpaired) electrons. The summed E-state index contributed by atoms with van der Waals surface area (Å²) in [7, 11) is 3.98. The smallest absolute Gasteiger partial charge is 0.378 e. The fourth-order valence-corrected chi connectivity index (χ4v) is 8.01. The van der Waals surface area contributed by atoms with Crippen LogP contribution in [0.4, 0.5) is 54.9 Å². The highest BCUT2D eigenvalue weighted by molar-refractivity contribution is 7.80. The van der Waals surface area contributed by atoms with Crippen LogP contribution >= 0.6 is 12.2 Å². The predicted octanol–water partition coefficient (Wildman–Crippen LogP) is 11.3. The van der Waals surface area contributed by atoms with Crippen molar-refractivity contribution in [2.75, 3.05) is 34.9 Å². The van der Waals surface area contributed by atoms with Gasteiger partial charge in [-0.05, 0) is 157 Å². The molecule has 0 spiro atoms. The van der Waals surface area contributed by atoms with E-state index in [4.69, 9.17) is 12.2 Å². The second kappa shape index (κ2) is 13.4. The Labute approximate surface area is 305 Å². The number of alkyl halides is 6. The highest BCUT2D eigenvalue weighted by atomic mass is 32.1. The number of aromatic nitrogens is 1. The standard InChI is InChI=1S/C40H41F6N5S/c1-19-13-31(49-33-18-28(51(7)8)9-10-47-33)23(5)36-29(19)11-21(3)34(36)35-22(4)12-30-20(2)14-32(24(6)37(30)35)50-38(52)48-27-16-25(39(41,42)43)15-26(17-27)40(44,45)46/h9-10,13-18,21-22H,11-12H2,1-8H3,(H,47,49)(H2,48,50,52)/b35-34+/t21-,22-/m1/s1. The summed E-state index contributed by atoms with van der Waals surface area (Å²) in [6.07, 6.45) is -6.42. The van der Waals surface area contributed by atoms with Gasteiger partial charge in [-0.25, -0.2) is 4.98 Å². The van der Waals surface area contributed by atoms with Gasteiger partial charge in [0.25, 0.3) is 0 Å². The Bertz CT molecular complexity index is 2100. The van der Waals surface area contributed by atoms with Gasteiger partial charge in [-0.1, -0.05) is 13.8 Å². The van der Waals surface area contributed by atoms with Crippen LogP contribution in [-0.2, 0) is 25.2 Å². The molecule has 0 aliphatic heterocycles. The van der Waals surface area contributed by atoms with Crippen molar-refractivity contribution in [1.29, 1.82) is 0 Å². The molecule has 1 aromatic heterocycles. The Hall–Kier alpha value is -4.58. The summed E-state index contributed by atoms with van der Waals surface area (Å²) in [5.74, 6) is 1.20. The third-order valence-electron chi connectivity index (χ3n) is 10.3. The third-order valence-corrected chi connectivity index (χ3v) is 10.5. The Balaban J connectivity index is 1.40. The molecule has 0 bridgehead atoms. The Morgan fingerprint density at radius 3 is 1.73 bits per heavy atom. The van der Waals surface area contributed by atoms with E-state index in [0.717, 1.165) is 52.3 Å². The van der Waals surface area contributed by atoms with E-state index in [2.05, 4.69) is 54.7 Å². The van der Waals surface area contributed by atoms with Crippen LogP contribution in [0.15, 0.2) is 48.7 Å². The van der Waals surface area contributed by atoms with Gasteiger partial charge in [0.15, 0.2) is 5.11 Å². The summed E-state index contributed by atoms with van der Waals surface area (Å²) < 4.78 is 81.1. The lowest BCUT2D eigenvalue weighted by Gasteiger charge is -2.22. The largest absolute Gasteiger partial charge is 0.416 e. The highest BCUT2D eigenvalue weighted by Crippen LogP contribution is 2.53. The first kappa shape index (κ1) is 37.2. The van der Waals surface area contributed by atoms with Crippen molar-refractivity contribution in [2.45, 2.75) is 66.7 Å². The van der Waals surface area contributed by atoms with Crippen molar-refractivity contribution in [3.8, 4) is 0 Å². The van der Waals surface area contributed by atoms with Crippen LogP contribution in [0.2, 0.25) is 0 Å². The molecule has 2 atom stereocenters. The molecule has 5 nitrogen and oxygen atoms in total. The van der Waals surface area contributed by atoms with Crippen molar-refractivity contribution in [3.63, 3.8) is 0 Å². The van der Waals surface area contributed by atoms with Crippen molar-refractivity contribution in [1.82, 2.24) is 4.98 Å². The van der Waals surface area contributed by atoms with Crippen LogP contribution in [0.3, 0.4) is 0 Å². The molecule has 6 rings (SSSR count). The van der Waals surface area contributed by atoms with Crippen molar-refractivity contribution >= 4 is 57.0 Å². The van der Waals surface area contributed by atoms with E-state index in [9.17, 15) is 26.3 Å². The van der Waals surface area contributed by atoms with Crippen molar-refractivity contribution in [2.24, 2.45) is 11.8 Å². The fourth-order valence-electron chi connectivity index (χ4n) is 7.78. The van der Waals surface area contributed by atoms with E-state index in [1.54, 1.807) is 6.20 Å². The van der Waals surface area contributed by atoms with E-state index in [0.29, 0.717) is 17.8 Å². The van der Waals surface area contributed by atoms with Gasteiger partial charge in [-0.2, -0.15) is 26.3 Å². The molecule has 12 heteroatoms. The minimum Gasteiger partial charge on any atom is -0.378 e. The van der Waals surface area contributed by atoms with Crippen LogP contribution < -0.4 is 20.9 Å². The van der Waals surface area contributed by atoms with E-state index in [1.807, 2.05) is 51.0 Å².